The Morgan fingerprint density at radius 1 is 0.632 bits per heavy atom. The topological polar surface area (TPSA) is 160 Å². The van der Waals surface area contributed by atoms with Gasteiger partial charge in [-0.05, 0) is 115 Å². The van der Waals surface area contributed by atoms with Crippen molar-refractivity contribution < 1.29 is 43.6 Å². The summed E-state index contributed by atoms with van der Waals surface area (Å²) in [7, 11) is 0. The second-order valence-electron chi connectivity index (χ2n) is 15.8. The van der Waals surface area contributed by atoms with Crippen molar-refractivity contribution in [3.05, 3.63) is 93.5 Å². The molecule has 4 unspecified atom stereocenters. The number of rotatable bonds is 22. The third-order valence-corrected chi connectivity index (χ3v) is 10.3. The van der Waals surface area contributed by atoms with Crippen LogP contribution in [0.25, 0.3) is 0 Å². The number of carboxylic acid groups (broad SMARTS) is 2. The Balaban J connectivity index is 1.37. The summed E-state index contributed by atoms with van der Waals surface area (Å²) < 4.78 is 17.2. The zero-order valence-corrected chi connectivity index (χ0v) is 34.7. The minimum atomic E-state index is -1.19. The third kappa shape index (κ3) is 16.0. The molecule has 3 aromatic rings. The fourth-order valence-electron chi connectivity index (χ4n) is 6.91. The summed E-state index contributed by atoms with van der Waals surface area (Å²) in [5.74, 6) is -2.49. The van der Waals surface area contributed by atoms with Gasteiger partial charge in [0.25, 0.3) is 0 Å². The molecule has 3 aromatic carbocycles. The highest BCUT2D eigenvalue weighted by Crippen LogP contribution is 2.25. The second kappa shape index (κ2) is 22.7. The van der Waals surface area contributed by atoms with Crippen LogP contribution in [0.5, 0.6) is 11.5 Å². The van der Waals surface area contributed by atoms with Gasteiger partial charge in [-0.15, -0.1) is 0 Å². The van der Waals surface area contributed by atoms with Gasteiger partial charge in [0.15, 0.2) is 0 Å². The highest BCUT2D eigenvalue weighted by atomic mass is 35.5. The maximum Gasteiger partial charge on any atom is 0.330 e. The zero-order valence-electron chi connectivity index (χ0n) is 33.2. The van der Waals surface area contributed by atoms with E-state index in [0.717, 1.165) is 16.9 Å². The molecule has 310 valence electrons. The van der Waals surface area contributed by atoms with Gasteiger partial charge in [-0.1, -0.05) is 94.4 Å². The van der Waals surface area contributed by atoms with E-state index in [2.05, 4.69) is 10.6 Å². The van der Waals surface area contributed by atoms with Crippen molar-refractivity contribution in [2.75, 3.05) is 6.61 Å². The van der Waals surface area contributed by atoms with Gasteiger partial charge in [0.05, 0.1) is 6.61 Å². The molecule has 1 aliphatic carbocycles. The lowest BCUT2D eigenvalue weighted by Gasteiger charge is -2.26. The van der Waals surface area contributed by atoms with Gasteiger partial charge in [-0.2, -0.15) is 0 Å². The smallest absolute Gasteiger partial charge is 0.330 e. The predicted octanol–water partition coefficient (Wildman–Crippen LogP) is 8.30. The van der Waals surface area contributed by atoms with Crippen LogP contribution in [0.15, 0.2) is 66.7 Å². The van der Waals surface area contributed by atoms with Crippen LogP contribution in [0.3, 0.4) is 0 Å². The molecule has 0 saturated heterocycles. The first-order valence-corrected chi connectivity index (χ1v) is 20.5. The molecule has 0 amide bonds. The van der Waals surface area contributed by atoms with Crippen LogP contribution in [0, 0.1) is 17.8 Å². The highest BCUT2D eigenvalue weighted by molar-refractivity contribution is 6.34. The fourth-order valence-corrected chi connectivity index (χ4v) is 7.48. The SMILES string of the molecule is CC(C)CC(NC(Cc1ccc(OCc2cc(Cl)cc(Cl)c2)cc1)C(=O)O)C(=O)OC(=O)C(CC(C)C)NC(Cc1ccc(OCC2CCCCC2)cc1)C(=O)O. The van der Waals surface area contributed by atoms with Crippen molar-refractivity contribution in [3.63, 3.8) is 0 Å². The molecule has 0 aliphatic heterocycles. The Bertz CT molecular complexity index is 1740. The normalized spacial score (nSPS) is 15.4. The minimum Gasteiger partial charge on any atom is -0.493 e. The highest BCUT2D eigenvalue weighted by Gasteiger charge is 2.34. The molecule has 4 rings (SSSR count). The summed E-state index contributed by atoms with van der Waals surface area (Å²) in [5.41, 5.74) is 2.19. The standard InChI is InChI=1S/C44H56Cl2N2O9/c1-27(2)18-39(47-37(41(49)50)22-29-10-14-35(15-11-29)55-25-31-8-6-5-7-9-31)43(53)57-44(54)40(19-28(3)4)48-38(42(51)52)23-30-12-16-36(17-13-30)56-26-32-20-33(45)24-34(46)21-32/h10-17,20-21,24,27-28,31,37-40,47-48H,5-9,18-19,22-23,25-26H2,1-4H3,(H,49,50)(H,51,52). The monoisotopic (exact) mass is 826 g/mol. The molecule has 1 aliphatic rings. The van der Waals surface area contributed by atoms with Crippen molar-refractivity contribution in [2.24, 2.45) is 17.8 Å². The number of nitrogens with one attached hydrogen (secondary N) is 2. The van der Waals surface area contributed by atoms with Crippen LogP contribution < -0.4 is 20.1 Å². The lowest BCUT2D eigenvalue weighted by atomic mass is 9.90. The van der Waals surface area contributed by atoms with Crippen LogP contribution >= 0.6 is 23.2 Å². The van der Waals surface area contributed by atoms with Crippen LogP contribution in [-0.2, 0) is 43.4 Å². The fraction of sp³-hybridized carbons (Fsp3) is 0.500. The van der Waals surface area contributed by atoms with Gasteiger partial charge in [0.2, 0.25) is 0 Å². The maximum atomic E-state index is 13.6. The van der Waals surface area contributed by atoms with Crippen molar-refractivity contribution in [2.45, 2.75) is 116 Å². The van der Waals surface area contributed by atoms with Crippen molar-refractivity contribution in [1.29, 1.82) is 0 Å². The number of aliphatic carboxylic acids is 2. The Morgan fingerprint density at radius 2 is 1.07 bits per heavy atom. The Morgan fingerprint density at radius 3 is 1.49 bits per heavy atom. The number of hydrogen-bond donors (Lipinski definition) is 4. The predicted molar refractivity (Wildman–Crippen MR) is 220 cm³/mol. The molecule has 11 nitrogen and oxygen atoms in total. The van der Waals surface area contributed by atoms with E-state index in [-0.39, 0.29) is 44.1 Å². The molecule has 0 aromatic heterocycles. The summed E-state index contributed by atoms with van der Waals surface area (Å²) >= 11 is 12.2. The number of halogens is 2. The number of carboxylic acids is 2. The number of ether oxygens (including phenoxy) is 3. The molecule has 57 heavy (non-hydrogen) atoms. The molecule has 0 spiro atoms. The maximum absolute atomic E-state index is 13.6. The number of esters is 2. The van der Waals surface area contributed by atoms with Gasteiger partial charge in [0.1, 0.15) is 42.3 Å². The molecular formula is C44H56Cl2N2O9. The Kier molecular flexibility index (Phi) is 18.1. The van der Waals surface area contributed by atoms with E-state index in [1.807, 2.05) is 52.0 Å². The summed E-state index contributed by atoms with van der Waals surface area (Å²) in [6.45, 7) is 8.37. The quantitative estimate of drug-likeness (QED) is 0.0570. The average Bonchev–Trinajstić information content (AvgIpc) is 3.15. The first-order valence-electron chi connectivity index (χ1n) is 19.8. The van der Waals surface area contributed by atoms with Crippen molar-refractivity contribution >= 4 is 47.1 Å². The van der Waals surface area contributed by atoms with Gasteiger partial charge >= 0.3 is 23.9 Å². The van der Waals surface area contributed by atoms with E-state index in [1.165, 1.54) is 32.1 Å². The molecule has 4 atom stereocenters. The van der Waals surface area contributed by atoms with Crippen LogP contribution in [0.4, 0.5) is 0 Å². The van der Waals surface area contributed by atoms with Crippen LogP contribution in [-0.4, -0.2) is 64.9 Å². The average molecular weight is 828 g/mol. The zero-order chi connectivity index (χ0) is 41.5. The summed E-state index contributed by atoms with van der Waals surface area (Å²) in [5, 5.41) is 27.1. The van der Waals surface area contributed by atoms with E-state index in [9.17, 15) is 29.4 Å². The first-order chi connectivity index (χ1) is 27.1. The van der Waals surface area contributed by atoms with E-state index in [0.29, 0.717) is 33.9 Å². The number of benzene rings is 3. The van der Waals surface area contributed by atoms with Crippen LogP contribution in [0.1, 0.15) is 89.3 Å². The minimum absolute atomic E-state index is 0.0286. The van der Waals surface area contributed by atoms with E-state index in [1.54, 1.807) is 42.5 Å². The first kappa shape index (κ1) is 45.5. The van der Waals surface area contributed by atoms with Gasteiger partial charge < -0.3 is 24.4 Å². The molecule has 4 N–H and O–H groups in total. The number of carbonyl (C=O) groups is 4. The molecular weight excluding hydrogens is 771 g/mol. The van der Waals surface area contributed by atoms with Crippen molar-refractivity contribution in [3.8, 4) is 11.5 Å². The summed E-state index contributed by atoms with van der Waals surface area (Å²) in [6, 6.07) is 14.7. The Labute approximate surface area is 345 Å². The molecule has 1 fully saturated rings. The largest absolute Gasteiger partial charge is 0.493 e. The molecule has 13 heteroatoms. The summed E-state index contributed by atoms with van der Waals surface area (Å²) in [4.78, 5) is 52.0. The second-order valence-corrected chi connectivity index (χ2v) is 16.7. The molecule has 0 heterocycles. The molecule has 0 bridgehead atoms. The lowest BCUT2D eigenvalue weighted by Crippen LogP contribution is -2.52. The van der Waals surface area contributed by atoms with Gasteiger partial charge in [0, 0.05) is 10.0 Å². The lowest BCUT2D eigenvalue weighted by molar-refractivity contribution is -0.163. The number of carbonyl (C=O) groups excluding carboxylic acids is 2. The van der Waals surface area contributed by atoms with Gasteiger partial charge in [-0.3, -0.25) is 20.2 Å². The molecule has 1 saturated carbocycles. The van der Waals surface area contributed by atoms with Crippen LogP contribution in [0.2, 0.25) is 10.0 Å². The van der Waals surface area contributed by atoms with E-state index in [4.69, 9.17) is 37.4 Å². The Hall–Kier alpha value is -4.16. The van der Waals surface area contributed by atoms with Crippen molar-refractivity contribution in [1.82, 2.24) is 10.6 Å². The van der Waals surface area contributed by atoms with E-state index < -0.39 is 48.0 Å². The van der Waals surface area contributed by atoms with E-state index >= 15 is 0 Å². The molecule has 0 radical (unpaired) electrons. The third-order valence-electron chi connectivity index (χ3n) is 9.85. The number of hydrogen-bond acceptors (Lipinski definition) is 9. The summed E-state index contributed by atoms with van der Waals surface area (Å²) in [6.07, 6.45) is 6.58. The van der Waals surface area contributed by atoms with Gasteiger partial charge in [-0.25, -0.2) is 9.59 Å².